The predicted molar refractivity (Wildman–Crippen MR) is 88.9 cm³/mol. The van der Waals surface area contributed by atoms with Gasteiger partial charge in [0.2, 0.25) is 0 Å². The summed E-state index contributed by atoms with van der Waals surface area (Å²) in [5, 5.41) is 2.94. The molecule has 2 aromatic rings. The molecule has 0 aliphatic rings. The van der Waals surface area contributed by atoms with Crippen LogP contribution in [-0.4, -0.2) is 10.9 Å². The van der Waals surface area contributed by atoms with Crippen LogP contribution in [0.15, 0.2) is 58.3 Å². The van der Waals surface area contributed by atoms with Gasteiger partial charge in [-0.1, -0.05) is 35.5 Å². The van der Waals surface area contributed by atoms with Gasteiger partial charge < -0.3 is 5.32 Å². The van der Waals surface area contributed by atoms with Crippen LogP contribution < -0.4 is 5.32 Å². The Balaban J connectivity index is 2.11. The Bertz CT molecular complexity index is 761. The zero-order valence-electron chi connectivity index (χ0n) is 12.4. The largest absolute Gasteiger partial charge is 0.433 e. The molecule has 126 valence electrons. The summed E-state index contributed by atoms with van der Waals surface area (Å²) in [5.41, 5.74) is -1.06. The maximum absolute atomic E-state index is 12.6. The fourth-order valence-corrected chi connectivity index (χ4v) is 2.62. The summed E-state index contributed by atoms with van der Waals surface area (Å²) >= 11 is 6.98. The van der Waals surface area contributed by atoms with E-state index in [0.717, 1.165) is 11.0 Å². The molecule has 0 aliphatic heterocycles. The zero-order chi connectivity index (χ0) is 17.7. The highest BCUT2D eigenvalue weighted by Crippen LogP contribution is 2.30. The van der Waals surface area contributed by atoms with Crippen LogP contribution in [0.2, 0.25) is 5.02 Å². The Kier molecular flexibility index (Phi) is 5.90. The molecule has 1 aromatic carbocycles. The number of allylic oxidation sites excluding steroid dienone is 1. The van der Waals surface area contributed by atoms with E-state index < -0.39 is 17.8 Å². The highest BCUT2D eigenvalue weighted by molar-refractivity contribution is 8.04. The Hall–Kier alpha value is -1.99. The molecule has 0 radical (unpaired) electrons. The SMILES string of the molecule is C/C=C(\Sc1ccc(Cl)cc1)C(=O)Nc1cccc(C(F)(F)F)n1. The number of alkyl halides is 3. The number of halogens is 4. The molecule has 1 N–H and O–H groups in total. The second-order valence-electron chi connectivity index (χ2n) is 4.57. The number of rotatable bonds is 4. The first-order chi connectivity index (χ1) is 11.3. The number of thioether (sulfide) groups is 1. The highest BCUT2D eigenvalue weighted by Gasteiger charge is 2.32. The van der Waals surface area contributed by atoms with E-state index in [1.54, 1.807) is 37.3 Å². The van der Waals surface area contributed by atoms with Crippen molar-refractivity contribution < 1.29 is 18.0 Å². The second-order valence-corrected chi connectivity index (χ2v) is 6.12. The molecule has 8 heteroatoms. The van der Waals surface area contributed by atoms with Gasteiger partial charge in [0.1, 0.15) is 11.5 Å². The Morgan fingerprint density at radius 1 is 1.21 bits per heavy atom. The van der Waals surface area contributed by atoms with Gasteiger partial charge in [0.15, 0.2) is 0 Å². The first kappa shape index (κ1) is 18.4. The summed E-state index contributed by atoms with van der Waals surface area (Å²) in [5.74, 6) is -0.699. The predicted octanol–water partition coefficient (Wildman–Crippen LogP) is 5.39. The van der Waals surface area contributed by atoms with Crippen LogP contribution in [0.25, 0.3) is 0 Å². The Morgan fingerprint density at radius 2 is 1.88 bits per heavy atom. The van der Waals surface area contributed by atoms with Crippen molar-refractivity contribution >= 4 is 35.1 Å². The summed E-state index contributed by atoms with van der Waals surface area (Å²) in [4.78, 5) is 16.7. The maximum atomic E-state index is 12.6. The van der Waals surface area contributed by atoms with Crippen LogP contribution in [0, 0.1) is 0 Å². The molecule has 1 heterocycles. The van der Waals surface area contributed by atoms with Gasteiger partial charge in [-0.25, -0.2) is 4.98 Å². The van der Waals surface area contributed by atoms with Gasteiger partial charge in [0.25, 0.3) is 5.91 Å². The van der Waals surface area contributed by atoms with Crippen molar-refractivity contribution in [3.63, 3.8) is 0 Å². The molecule has 0 fully saturated rings. The van der Waals surface area contributed by atoms with Gasteiger partial charge in [0.05, 0.1) is 4.91 Å². The number of benzene rings is 1. The fraction of sp³-hybridized carbons (Fsp3) is 0.125. The maximum Gasteiger partial charge on any atom is 0.433 e. The van der Waals surface area contributed by atoms with Gasteiger partial charge in [-0.3, -0.25) is 4.79 Å². The molecular weight excluding hydrogens is 361 g/mol. The number of aromatic nitrogens is 1. The first-order valence-corrected chi connectivity index (χ1v) is 7.94. The van der Waals surface area contributed by atoms with Gasteiger partial charge in [-0.2, -0.15) is 13.2 Å². The van der Waals surface area contributed by atoms with Crippen molar-refractivity contribution in [3.05, 3.63) is 64.2 Å². The van der Waals surface area contributed by atoms with Gasteiger partial charge in [0, 0.05) is 9.92 Å². The quantitative estimate of drug-likeness (QED) is 0.578. The first-order valence-electron chi connectivity index (χ1n) is 6.75. The molecule has 1 aromatic heterocycles. The minimum Gasteiger partial charge on any atom is -0.306 e. The van der Waals surface area contributed by atoms with Gasteiger partial charge in [-0.15, -0.1) is 0 Å². The van der Waals surface area contributed by atoms with E-state index in [4.69, 9.17) is 11.6 Å². The molecule has 0 bridgehead atoms. The van der Waals surface area contributed by atoms with Crippen molar-refractivity contribution in [1.82, 2.24) is 4.98 Å². The number of hydrogen-bond acceptors (Lipinski definition) is 3. The van der Waals surface area contributed by atoms with Gasteiger partial charge >= 0.3 is 6.18 Å². The number of amides is 1. The molecule has 0 saturated heterocycles. The van der Waals surface area contributed by atoms with E-state index in [0.29, 0.717) is 9.93 Å². The van der Waals surface area contributed by atoms with Crippen molar-refractivity contribution in [3.8, 4) is 0 Å². The van der Waals surface area contributed by atoms with Crippen molar-refractivity contribution in [2.45, 2.75) is 18.0 Å². The lowest BCUT2D eigenvalue weighted by Gasteiger charge is -2.10. The molecule has 0 atom stereocenters. The third-order valence-corrected chi connectivity index (χ3v) is 4.21. The third-order valence-electron chi connectivity index (χ3n) is 2.81. The van der Waals surface area contributed by atoms with Crippen molar-refractivity contribution in [2.24, 2.45) is 0 Å². The van der Waals surface area contributed by atoms with Crippen molar-refractivity contribution in [2.75, 3.05) is 5.32 Å². The summed E-state index contributed by atoms with van der Waals surface area (Å²) in [6.07, 6.45) is -3.00. The van der Waals surface area contributed by atoms with Crippen LogP contribution in [0.4, 0.5) is 19.0 Å². The Morgan fingerprint density at radius 3 is 2.46 bits per heavy atom. The van der Waals surface area contributed by atoms with Crippen LogP contribution in [0.3, 0.4) is 0 Å². The normalized spacial score (nSPS) is 12.1. The van der Waals surface area contributed by atoms with E-state index in [2.05, 4.69) is 10.3 Å². The van der Waals surface area contributed by atoms with Gasteiger partial charge in [-0.05, 0) is 43.3 Å². The average Bonchev–Trinajstić information content (AvgIpc) is 2.53. The third kappa shape index (κ3) is 5.01. The molecule has 3 nitrogen and oxygen atoms in total. The van der Waals surface area contributed by atoms with Crippen LogP contribution in [0.5, 0.6) is 0 Å². The standard InChI is InChI=1S/C16H12ClF3N2OS/c1-2-12(24-11-8-6-10(17)7-9-11)15(23)22-14-5-3-4-13(21-14)16(18,19)20/h2-9H,1H3,(H,21,22,23)/b12-2-. The molecule has 24 heavy (non-hydrogen) atoms. The number of carbonyl (C=O) groups excluding carboxylic acids is 1. The number of nitrogens with zero attached hydrogens (tertiary/aromatic N) is 1. The summed E-state index contributed by atoms with van der Waals surface area (Å²) < 4.78 is 37.9. The highest BCUT2D eigenvalue weighted by atomic mass is 35.5. The monoisotopic (exact) mass is 372 g/mol. The molecule has 2 rings (SSSR count). The second kappa shape index (κ2) is 7.72. The van der Waals surface area contributed by atoms with E-state index in [1.165, 1.54) is 23.9 Å². The minimum absolute atomic E-state index is 0.161. The summed E-state index contributed by atoms with van der Waals surface area (Å²) in [7, 11) is 0. The number of pyridine rings is 1. The molecule has 0 aliphatic carbocycles. The molecule has 1 amide bonds. The lowest BCUT2D eigenvalue weighted by Crippen LogP contribution is -2.16. The average molecular weight is 373 g/mol. The summed E-state index contributed by atoms with van der Waals surface area (Å²) in [6, 6.07) is 10.2. The fourth-order valence-electron chi connectivity index (χ4n) is 1.71. The topological polar surface area (TPSA) is 42.0 Å². The lowest BCUT2D eigenvalue weighted by atomic mass is 10.3. The smallest absolute Gasteiger partial charge is 0.306 e. The van der Waals surface area contributed by atoms with Crippen LogP contribution in [-0.2, 0) is 11.0 Å². The van der Waals surface area contributed by atoms with Crippen molar-refractivity contribution in [1.29, 1.82) is 0 Å². The lowest BCUT2D eigenvalue weighted by molar-refractivity contribution is -0.141. The van der Waals surface area contributed by atoms with E-state index in [-0.39, 0.29) is 5.82 Å². The van der Waals surface area contributed by atoms with E-state index in [9.17, 15) is 18.0 Å². The molecular formula is C16H12ClF3N2OS. The Labute approximate surface area is 145 Å². The zero-order valence-corrected chi connectivity index (χ0v) is 14.0. The molecule has 0 unspecified atom stereocenters. The number of nitrogens with one attached hydrogen (secondary N) is 1. The number of anilines is 1. The molecule has 0 spiro atoms. The number of carbonyl (C=O) groups is 1. The van der Waals surface area contributed by atoms with E-state index >= 15 is 0 Å². The van der Waals surface area contributed by atoms with Crippen LogP contribution in [0.1, 0.15) is 12.6 Å². The molecule has 0 saturated carbocycles. The minimum atomic E-state index is -4.57. The van der Waals surface area contributed by atoms with Crippen LogP contribution >= 0.6 is 23.4 Å². The number of hydrogen-bond donors (Lipinski definition) is 1. The summed E-state index contributed by atoms with van der Waals surface area (Å²) in [6.45, 7) is 1.66. The van der Waals surface area contributed by atoms with E-state index in [1.807, 2.05) is 0 Å².